The van der Waals surface area contributed by atoms with E-state index in [1.54, 1.807) is 32.0 Å². The van der Waals surface area contributed by atoms with Gasteiger partial charge in [0.1, 0.15) is 0 Å². The Bertz CT molecular complexity index is 862. The average Bonchev–Trinajstić information content (AvgIpc) is 2.50. The molecule has 0 radical (unpaired) electrons. The second kappa shape index (κ2) is 6.60. The van der Waals surface area contributed by atoms with Crippen LogP contribution in [-0.4, -0.2) is 21.5 Å². The topological polar surface area (TPSA) is 72.5 Å². The molecule has 0 saturated heterocycles. The SMILES string of the molecule is COC(=O)c1ccc(NS(=O)(=O)c2cccc(Cl)c2C)c(C)c1. The molecule has 0 aromatic heterocycles. The monoisotopic (exact) mass is 353 g/mol. The third-order valence-electron chi connectivity index (χ3n) is 3.40. The number of hydrogen-bond acceptors (Lipinski definition) is 4. The maximum atomic E-state index is 12.5. The van der Waals surface area contributed by atoms with E-state index >= 15 is 0 Å². The molecule has 0 aliphatic carbocycles. The van der Waals surface area contributed by atoms with Crippen molar-refractivity contribution in [3.8, 4) is 0 Å². The fraction of sp³-hybridized carbons (Fsp3) is 0.188. The van der Waals surface area contributed by atoms with Crippen LogP contribution in [0, 0.1) is 13.8 Å². The standard InChI is InChI=1S/C16H16ClNO4S/c1-10-9-12(16(19)22-3)7-8-14(10)18-23(20,21)15-6-4-5-13(17)11(15)2/h4-9,18H,1-3H3. The van der Waals surface area contributed by atoms with Gasteiger partial charge in [0.25, 0.3) is 10.0 Å². The minimum atomic E-state index is -3.78. The third kappa shape index (κ3) is 3.65. The minimum Gasteiger partial charge on any atom is -0.465 e. The molecule has 0 amide bonds. The lowest BCUT2D eigenvalue weighted by Gasteiger charge is -2.13. The first kappa shape index (κ1) is 17.3. The molecule has 2 aromatic carbocycles. The molecule has 0 spiro atoms. The average molecular weight is 354 g/mol. The van der Waals surface area contributed by atoms with E-state index in [1.807, 2.05) is 0 Å². The van der Waals surface area contributed by atoms with Crippen LogP contribution in [0.5, 0.6) is 0 Å². The van der Waals surface area contributed by atoms with Crippen molar-refractivity contribution in [2.24, 2.45) is 0 Å². The van der Waals surface area contributed by atoms with Crippen LogP contribution < -0.4 is 4.72 Å². The lowest BCUT2D eigenvalue weighted by molar-refractivity contribution is 0.0600. The summed E-state index contributed by atoms with van der Waals surface area (Å²) in [6.45, 7) is 3.35. The van der Waals surface area contributed by atoms with Crippen LogP contribution in [-0.2, 0) is 14.8 Å². The molecule has 0 saturated carbocycles. The summed E-state index contributed by atoms with van der Waals surface area (Å²) in [5.41, 5.74) is 1.82. The summed E-state index contributed by atoms with van der Waals surface area (Å²) in [5, 5.41) is 0.380. The number of rotatable bonds is 4. The van der Waals surface area contributed by atoms with Crippen LogP contribution in [0.2, 0.25) is 5.02 Å². The first-order chi connectivity index (χ1) is 10.8. The number of sulfonamides is 1. The Morgan fingerprint density at radius 2 is 1.87 bits per heavy atom. The van der Waals surface area contributed by atoms with E-state index in [1.165, 1.54) is 25.3 Å². The van der Waals surface area contributed by atoms with Crippen LogP contribution >= 0.6 is 11.6 Å². The van der Waals surface area contributed by atoms with Gasteiger partial charge in [-0.2, -0.15) is 0 Å². The molecular formula is C16H16ClNO4S. The smallest absolute Gasteiger partial charge is 0.337 e. The third-order valence-corrected chi connectivity index (χ3v) is 5.32. The zero-order valence-corrected chi connectivity index (χ0v) is 14.5. The van der Waals surface area contributed by atoms with Gasteiger partial charge in [0.05, 0.1) is 23.3 Å². The van der Waals surface area contributed by atoms with E-state index in [0.29, 0.717) is 27.4 Å². The van der Waals surface area contributed by atoms with Gasteiger partial charge in [0.2, 0.25) is 0 Å². The summed E-state index contributed by atoms with van der Waals surface area (Å²) in [6, 6.07) is 9.29. The van der Waals surface area contributed by atoms with Crippen LogP contribution in [0.4, 0.5) is 5.69 Å². The first-order valence-corrected chi connectivity index (χ1v) is 8.59. The Kier molecular flexibility index (Phi) is 4.97. The van der Waals surface area contributed by atoms with Gasteiger partial charge in [-0.05, 0) is 55.3 Å². The van der Waals surface area contributed by atoms with Crippen molar-refractivity contribution in [3.63, 3.8) is 0 Å². The highest BCUT2D eigenvalue weighted by molar-refractivity contribution is 7.92. The predicted molar refractivity (Wildman–Crippen MR) is 89.5 cm³/mol. The highest BCUT2D eigenvalue weighted by Gasteiger charge is 2.19. The van der Waals surface area contributed by atoms with E-state index in [0.717, 1.165) is 0 Å². The molecule has 0 bridgehead atoms. The molecular weight excluding hydrogens is 338 g/mol. The highest BCUT2D eigenvalue weighted by atomic mass is 35.5. The number of ether oxygens (including phenoxy) is 1. The molecule has 0 aliphatic heterocycles. The van der Waals surface area contributed by atoms with Gasteiger partial charge in [0.15, 0.2) is 0 Å². The number of hydrogen-bond donors (Lipinski definition) is 1. The van der Waals surface area contributed by atoms with Crippen molar-refractivity contribution in [2.45, 2.75) is 18.7 Å². The summed E-state index contributed by atoms with van der Waals surface area (Å²) in [4.78, 5) is 11.6. The van der Waals surface area contributed by atoms with E-state index in [9.17, 15) is 13.2 Å². The number of carbonyl (C=O) groups excluding carboxylic acids is 1. The Hall–Kier alpha value is -2.05. The molecule has 0 heterocycles. The number of benzene rings is 2. The number of anilines is 1. The Balaban J connectivity index is 2.38. The van der Waals surface area contributed by atoms with Crippen LogP contribution in [0.15, 0.2) is 41.3 Å². The zero-order valence-electron chi connectivity index (χ0n) is 12.9. The highest BCUT2D eigenvalue weighted by Crippen LogP contribution is 2.26. The summed E-state index contributed by atoms with van der Waals surface area (Å²) < 4.78 is 32.2. The zero-order chi connectivity index (χ0) is 17.2. The second-order valence-corrected chi connectivity index (χ2v) is 7.05. The lowest BCUT2D eigenvalue weighted by Crippen LogP contribution is -2.15. The maximum Gasteiger partial charge on any atom is 0.337 e. The molecule has 1 N–H and O–H groups in total. The van der Waals surface area contributed by atoms with E-state index < -0.39 is 16.0 Å². The lowest BCUT2D eigenvalue weighted by atomic mass is 10.1. The number of nitrogens with one attached hydrogen (secondary N) is 1. The molecule has 7 heteroatoms. The fourth-order valence-electron chi connectivity index (χ4n) is 2.10. The molecule has 122 valence electrons. The van der Waals surface area contributed by atoms with Gasteiger partial charge in [0, 0.05) is 5.02 Å². The van der Waals surface area contributed by atoms with Gasteiger partial charge in [-0.1, -0.05) is 17.7 Å². The van der Waals surface area contributed by atoms with Crippen molar-refractivity contribution < 1.29 is 17.9 Å². The van der Waals surface area contributed by atoms with Crippen molar-refractivity contribution in [1.82, 2.24) is 0 Å². The molecule has 2 rings (SSSR count). The van der Waals surface area contributed by atoms with Gasteiger partial charge in [-0.15, -0.1) is 0 Å². The predicted octanol–water partition coefficient (Wildman–Crippen LogP) is 3.54. The van der Waals surface area contributed by atoms with Crippen molar-refractivity contribution in [2.75, 3.05) is 11.8 Å². The Morgan fingerprint density at radius 3 is 2.48 bits per heavy atom. The first-order valence-electron chi connectivity index (χ1n) is 6.73. The van der Waals surface area contributed by atoms with Gasteiger partial charge >= 0.3 is 5.97 Å². The quantitative estimate of drug-likeness (QED) is 0.853. The van der Waals surface area contributed by atoms with Crippen molar-refractivity contribution >= 4 is 33.3 Å². The summed E-state index contributed by atoms with van der Waals surface area (Å²) >= 11 is 5.98. The normalized spacial score (nSPS) is 11.1. The Morgan fingerprint density at radius 1 is 1.17 bits per heavy atom. The summed E-state index contributed by atoms with van der Waals surface area (Å²) in [5.74, 6) is -0.479. The van der Waals surface area contributed by atoms with Gasteiger partial charge in [-0.3, -0.25) is 4.72 Å². The largest absolute Gasteiger partial charge is 0.465 e. The van der Waals surface area contributed by atoms with Crippen LogP contribution in [0.1, 0.15) is 21.5 Å². The summed E-state index contributed by atoms with van der Waals surface area (Å²) in [7, 11) is -2.49. The van der Waals surface area contributed by atoms with E-state index in [2.05, 4.69) is 9.46 Å². The van der Waals surface area contributed by atoms with Crippen molar-refractivity contribution in [1.29, 1.82) is 0 Å². The second-order valence-electron chi connectivity index (χ2n) is 4.99. The fourth-order valence-corrected chi connectivity index (χ4v) is 3.73. The summed E-state index contributed by atoms with van der Waals surface area (Å²) in [6.07, 6.45) is 0. The number of halogens is 1. The maximum absolute atomic E-state index is 12.5. The molecule has 0 fully saturated rings. The molecule has 2 aromatic rings. The number of methoxy groups -OCH3 is 1. The van der Waals surface area contributed by atoms with E-state index in [-0.39, 0.29) is 4.90 Å². The Labute approximate surface area is 140 Å². The number of carbonyl (C=O) groups is 1. The van der Waals surface area contributed by atoms with Crippen LogP contribution in [0.25, 0.3) is 0 Å². The molecule has 23 heavy (non-hydrogen) atoms. The minimum absolute atomic E-state index is 0.112. The number of esters is 1. The molecule has 0 unspecified atom stereocenters. The van der Waals surface area contributed by atoms with Crippen LogP contribution in [0.3, 0.4) is 0 Å². The van der Waals surface area contributed by atoms with Crippen molar-refractivity contribution in [3.05, 3.63) is 58.1 Å². The number of aryl methyl sites for hydroxylation is 1. The molecule has 0 atom stereocenters. The molecule has 5 nitrogen and oxygen atoms in total. The van der Waals surface area contributed by atoms with Gasteiger partial charge in [-0.25, -0.2) is 13.2 Å². The van der Waals surface area contributed by atoms with Gasteiger partial charge < -0.3 is 4.74 Å². The van der Waals surface area contributed by atoms with E-state index in [4.69, 9.17) is 11.6 Å². The molecule has 0 aliphatic rings.